The van der Waals surface area contributed by atoms with Crippen LogP contribution in [0.1, 0.15) is 41.5 Å². The molecule has 0 aromatic carbocycles. The quantitative estimate of drug-likeness (QED) is 0.570. The lowest BCUT2D eigenvalue weighted by Gasteiger charge is -2.40. The normalized spacial score (nSPS) is 15.3. The highest BCUT2D eigenvalue weighted by atomic mass is 32.2. The van der Waals surface area contributed by atoms with Crippen molar-refractivity contribution in [3.8, 4) is 0 Å². The zero-order chi connectivity index (χ0) is 14.6. The molecule has 0 saturated heterocycles. The Kier molecular flexibility index (Phi) is 6.07. The second kappa shape index (κ2) is 6.36. The Morgan fingerprint density at radius 2 is 1.83 bits per heavy atom. The summed E-state index contributed by atoms with van der Waals surface area (Å²) in [5, 5.41) is 9.62. The monoisotopic (exact) mass is 275 g/mol. The summed E-state index contributed by atoms with van der Waals surface area (Å²) in [7, 11) is 0. The smallest absolute Gasteiger partial charge is 0.361 e. The van der Waals surface area contributed by atoms with Gasteiger partial charge in [0.1, 0.15) is 0 Å². The first-order valence-corrected chi connectivity index (χ1v) is 6.65. The van der Waals surface area contributed by atoms with Gasteiger partial charge < -0.3 is 9.84 Å². The van der Waals surface area contributed by atoms with Crippen LogP contribution in [0.5, 0.6) is 0 Å². The molecule has 0 radical (unpaired) electrons. The van der Waals surface area contributed by atoms with Crippen LogP contribution < -0.4 is 0 Å². The molecule has 0 aliphatic rings. The van der Waals surface area contributed by atoms with E-state index in [4.69, 9.17) is 4.74 Å². The van der Waals surface area contributed by atoms with Crippen LogP contribution in [0.15, 0.2) is 4.99 Å². The Bertz CT molecular complexity index is 344. The molecule has 0 aliphatic heterocycles. The van der Waals surface area contributed by atoms with Crippen molar-refractivity contribution in [1.82, 2.24) is 0 Å². The van der Waals surface area contributed by atoms with Crippen LogP contribution in [0.4, 0.5) is 0 Å². The summed E-state index contributed by atoms with van der Waals surface area (Å²) >= 11 is 1.40. The van der Waals surface area contributed by atoms with Gasteiger partial charge in [-0.15, -0.1) is 11.8 Å². The predicted molar refractivity (Wildman–Crippen MR) is 71.5 cm³/mol. The zero-order valence-corrected chi connectivity index (χ0v) is 12.5. The van der Waals surface area contributed by atoms with Gasteiger partial charge in [-0.3, -0.25) is 0 Å². The second-order valence-corrected chi connectivity index (χ2v) is 7.19. The van der Waals surface area contributed by atoms with Gasteiger partial charge in [-0.1, -0.05) is 13.8 Å². The number of ether oxygens (including phenoxy) is 1. The van der Waals surface area contributed by atoms with Crippen LogP contribution in [-0.2, 0) is 14.3 Å². The molecule has 0 aromatic rings. The first kappa shape index (κ1) is 17.2. The predicted octanol–water partition coefficient (Wildman–Crippen LogP) is 2.45. The molecule has 0 bridgehead atoms. The molecule has 5 nitrogen and oxygen atoms in total. The maximum Gasteiger partial charge on any atom is 0.361 e. The van der Waals surface area contributed by atoms with Crippen LogP contribution in [0.2, 0.25) is 0 Å². The van der Waals surface area contributed by atoms with Gasteiger partial charge in [-0.2, -0.15) is 4.99 Å². The van der Waals surface area contributed by atoms with E-state index in [2.05, 4.69) is 4.99 Å². The first-order valence-electron chi connectivity index (χ1n) is 5.77. The Labute approximate surface area is 112 Å². The first-order chi connectivity index (χ1) is 8.09. The number of rotatable bonds is 7. The van der Waals surface area contributed by atoms with E-state index in [0.29, 0.717) is 0 Å². The molecule has 0 aliphatic carbocycles. The summed E-state index contributed by atoms with van der Waals surface area (Å²) in [6, 6.07) is 0. The number of carboxylic acids is 1. The summed E-state index contributed by atoms with van der Waals surface area (Å²) in [5.74, 6) is -1.28. The average Bonchev–Trinajstić information content (AvgIpc) is 2.13. The van der Waals surface area contributed by atoms with Gasteiger partial charge >= 0.3 is 5.97 Å². The zero-order valence-electron chi connectivity index (χ0n) is 11.7. The summed E-state index contributed by atoms with van der Waals surface area (Å²) in [5.41, 5.74) is -1.92. The van der Waals surface area contributed by atoms with Gasteiger partial charge in [0.2, 0.25) is 6.08 Å². The van der Waals surface area contributed by atoms with E-state index in [1.807, 2.05) is 13.8 Å². The summed E-state index contributed by atoms with van der Waals surface area (Å²) in [6.45, 7) is 10.7. The Hall–Kier alpha value is -0.840. The molecule has 1 atom stereocenters. The molecule has 0 rings (SSSR count). The molecule has 6 heteroatoms. The van der Waals surface area contributed by atoms with E-state index in [0.717, 1.165) is 0 Å². The van der Waals surface area contributed by atoms with Gasteiger partial charge in [0.05, 0.1) is 10.9 Å². The number of aliphatic imine (C=N–C) groups is 1. The summed E-state index contributed by atoms with van der Waals surface area (Å²) < 4.78 is 4.56. The third-order valence-corrected chi connectivity index (χ3v) is 3.58. The van der Waals surface area contributed by atoms with Crippen molar-refractivity contribution in [3.05, 3.63) is 0 Å². The van der Waals surface area contributed by atoms with E-state index in [1.54, 1.807) is 27.7 Å². The maximum atomic E-state index is 11.6. The number of nitrogens with zero attached hydrogens (tertiary/aromatic N) is 1. The van der Waals surface area contributed by atoms with Gasteiger partial charge in [0.15, 0.2) is 0 Å². The molecule has 18 heavy (non-hydrogen) atoms. The topological polar surface area (TPSA) is 76.0 Å². The van der Waals surface area contributed by atoms with Crippen LogP contribution in [0, 0.1) is 0 Å². The van der Waals surface area contributed by atoms with E-state index < -0.39 is 16.4 Å². The van der Waals surface area contributed by atoms with Crippen molar-refractivity contribution >= 4 is 23.8 Å². The van der Waals surface area contributed by atoms with Crippen molar-refractivity contribution < 1.29 is 19.4 Å². The summed E-state index contributed by atoms with van der Waals surface area (Å²) in [4.78, 5) is 25.6. The lowest BCUT2D eigenvalue weighted by atomic mass is 9.98. The standard InChI is InChI=1S/C12H21NO4S/c1-8(2)17-12(10(15)16,13-7-14)11(5,6)18-9(3)4/h8-9H,1-6H3,(H,15,16)/t12-/m1/s1. The minimum atomic E-state index is -1.92. The molecular formula is C12H21NO4S. The SMILES string of the molecule is CC(C)O[C@](N=C=O)(C(=O)O)C(C)(C)SC(C)C. The van der Waals surface area contributed by atoms with Crippen LogP contribution in [-0.4, -0.2) is 39.0 Å². The Morgan fingerprint density at radius 3 is 2.11 bits per heavy atom. The van der Waals surface area contributed by atoms with Gasteiger partial charge in [-0.25, -0.2) is 9.59 Å². The van der Waals surface area contributed by atoms with Gasteiger partial charge in [-0.05, 0) is 32.9 Å². The summed E-state index contributed by atoms with van der Waals surface area (Å²) in [6.07, 6.45) is 0.960. The molecular weight excluding hydrogens is 254 g/mol. The van der Waals surface area contributed by atoms with Crippen LogP contribution in [0.25, 0.3) is 0 Å². The lowest BCUT2D eigenvalue weighted by Crippen LogP contribution is -2.56. The maximum absolute atomic E-state index is 11.6. The fourth-order valence-electron chi connectivity index (χ4n) is 1.73. The molecule has 0 fully saturated rings. The Morgan fingerprint density at radius 1 is 1.33 bits per heavy atom. The highest BCUT2D eigenvalue weighted by Crippen LogP contribution is 2.42. The molecule has 0 saturated carbocycles. The second-order valence-electron chi connectivity index (χ2n) is 5.00. The van der Waals surface area contributed by atoms with Gasteiger partial charge in [0.25, 0.3) is 5.72 Å². The molecule has 0 heterocycles. The number of aliphatic carboxylic acids is 1. The molecule has 1 N–H and O–H groups in total. The fraction of sp³-hybridized carbons (Fsp3) is 0.833. The van der Waals surface area contributed by atoms with Crippen molar-refractivity contribution in [2.75, 3.05) is 0 Å². The molecule has 0 amide bonds. The van der Waals surface area contributed by atoms with Crippen molar-refractivity contribution in [3.63, 3.8) is 0 Å². The largest absolute Gasteiger partial charge is 0.478 e. The molecule has 0 aromatic heterocycles. The number of hydrogen-bond donors (Lipinski definition) is 1. The minimum Gasteiger partial charge on any atom is -0.478 e. The Balaban J connectivity index is 5.68. The van der Waals surface area contributed by atoms with Crippen molar-refractivity contribution in [1.29, 1.82) is 0 Å². The third kappa shape index (κ3) is 3.83. The number of thioether (sulfide) groups is 1. The number of carbonyl (C=O) groups is 1. The fourth-order valence-corrected chi connectivity index (χ4v) is 3.25. The minimum absolute atomic E-state index is 0.177. The molecule has 0 spiro atoms. The van der Waals surface area contributed by atoms with E-state index in [-0.39, 0.29) is 11.4 Å². The van der Waals surface area contributed by atoms with Crippen LogP contribution in [0.3, 0.4) is 0 Å². The van der Waals surface area contributed by atoms with E-state index >= 15 is 0 Å². The highest BCUT2D eigenvalue weighted by Gasteiger charge is 2.55. The molecule has 104 valence electrons. The van der Waals surface area contributed by atoms with E-state index in [9.17, 15) is 14.7 Å². The lowest BCUT2D eigenvalue weighted by molar-refractivity contribution is -0.175. The van der Waals surface area contributed by atoms with Crippen LogP contribution >= 0.6 is 11.8 Å². The average molecular weight is 275 g/mol. The number of carbonyl (C=O) groups excluding carboxylic acids is 1. The number of carboxylic acid groups (broad SMARTS) is 1. The molecule has 0 unspecified atom stereocenters. The van der Waals surface area contributed by atoms with Crippen molar-refractivity contribution in [2.24, 2.45) is 4.99 Å². The van der Waals surface area contributed by atoms with Gasteiger partial charge in [0, 0.05) is 0 Å². The van der Waals surface area contributed by atoms with Crippen molar-refractivity contribution in [2.45, 2.75) is 63.4 Å². The highest BCUT2D eigenvalue weighted by molar-refractivity contribution is 8.01. The number of isocyanates is 1. The number of hydrogen-bond acceptors (Lipinski definition) is 5. The van der Waals surface area contributed by atoms with E-state index in [1.165, 1.54) is 17.8 Å². The third-order valence-electron chi connectivity index (χ3n) is 2.25.